The summed E-state index contributed by atoms with van der Waals surface area (Å²) in [6, 6.07) is 6.69. The fourth-order valence-corrected chi connectivity index (χ4v) is 1.58. The van der Waals surface area contributed by atoms with Gasteiger partial charge in [-0.3, -0.25) is 14.4 Å². The number of carbonyl (C=O) groups is 2. The number of amides is 1. The SMILES string of the molecule is CCCCCON(C)C(=O)c1ccccc1C=O. The number of hydroxylamine groups is 2. The number of hydrogen-bond donors (Lipinski definition) is 0. The average Bonchev–Trinajstić information content (AvgIpc) is 2.42. The van der Waals surface area contributed by atoms with Gasteiger partial charge < -0.3 is 0 Å². The Balaban J connectivity index is 2.60. The molecule has 0 fully saturated rings. The number of hydrogen-bond acceptors (Lipinski definition) is 3. The van der Waals surface area contributed by atoms with Crippen LogP contribution in [0.4, 0.5) is 0 Å². The summed E-state index contributed by atoms with van der Waals surface area (Å²) in [5.41, 5.74) is 0.747. The Labute approximate surface area is 108 Å². The minimum absolute atomic E-state index is 0.297. The van der Waals surface area contributed by atoms with E-state index >= 15 is 0 Å². The van der Waals surface area contributed by atoms with E-state index in [4.69, 9.17) is 4.84 Å². The molecule has 0 unspecified atom stereocenters. The van der Waals surface area contributed by atoms with E-state index in [2.05, 4.69) is 6.92 Å². The molecule has 0 atom stereocenters. The predicted octanol–water partition coefficient (Wildman–Crippen LogP) is 2.69. The Kier molecular flexibility index (Phi) is 6.08. The Morgan fingerprint density at radius 3 is 2.72 bits per heavy atom. The first-order valence-corrected chi connectivity index (χ1v) is 6.16. The fraction of sp³-hybridized carbons (Fsp3) is 0.429. The van der Waals surface area contributed by atoms with Crippen LogP contribution in [0.25, 0.3) is 0 Å². The monoisotopic (exact) mass is 249 g/mol. The highest BCUT2D eigenvalue weighted by Gasteiger charge is 2.15. The summed E-state index contributed by atoms with van der Waals surface area (Å²) >= 11 is 0. The maximum absolute atomic E-state index is 12.0. The minimum atomic E-state index is -0.297. The number of carbonyl (C=O) groups excluding carboxylic acids is 2. The second kappa shape index (κ2) is 7.61. The van der Waals surface area contributed by atoms with Crippen LogP contribution in [0.15, 0.2) is 24.3 Å². The number of rotatable bonds is 7. The molecule has 4 nitrogen and oxygen atoms in total. The molecular formula is C14H19NO3. The molecule has 0 aliphatic heterocycles. The second-order valence-electron chi connectivity index (χ2n) is 4.05. The third kappa shape index (κ3) is 3.96. The zero-order valence-electron chi connectivity index (χ0n) is 10.9. The first-order chi connectivity index (χ1) is 8.70. The summed E-state index contributed by atoms with van der Waals surface area (Å²) in [5.74, 6) is -0.297. The van der Waals surface area contributed by atoms with Gasteiger partial charge in [0.25, 0.3) is 5.91 Å². The van der Waals surface area contributed by atoms with E-state index in [0.29, 0.717) is 24.0 Å². The van der Waals surface area contributed by atoms with Gasteiger partial charge in [0, 0.05) is 12.6 Å². The van der Waals surface area contributed by atoms with Crippen molar-refractivity contribution in [1.29, 1.82) is 0 Å². The van der Waals surface area contributed by atoms with Gasteiger partial charge in [0.2, 0.25) is 0 Å². The van der Waals surface area contributed by atoms with Gasteiger partial charge in [0.15, 0.2) is 6.29 Å². The Hall–Kier alpha value is -1.68. The molecule has 98 valence electrons. The standard InChI is InChI=1S/C14H19NO3/c1-3-4-7-10-18-15(2)14(17)13-9-6-5-8-12(13)11-16/h5-6,8-9,11H,3-4,7,10H2,1-2H3. The van der Waals surface area contributed by atoms with Crippen LogP contribution in [0.1, 0.15) is 46.9 Å². The summed E-state index contributed by atoms with van der Waals surface area (Å²) in [6.07, 6.45) is 3.78. The van der Waals surface area contributed by atoms with Crippen molar-refractivity contribution in [2.75, 3.05) is 13.7 Å². The van der Waals surface area contributed by atoms with Gasteiger partial charge >= 0.3 is 0 Å². The van der Waals surface area contributed by atoms with Crippen LogP contribution in [0.3, 0.4) is 0 Å². The smallest absolute Gasteiger partial charge is 0.277 e. The highest BCUT2D eigenvalue weighted by Crippen LogP contribution is 2.09. The third-order valence-corrected chi connectivity index (χ3v) is 2.64. The van der Waals surface area contributed by atoms with Crippen LogP contribution < -0.4 is 0 Å². The van der Waals surface area contributed by atoms with Crippen molar-refractivity contribution < 1.29 is 14.4 Å². The summed E-state index contributed by atoms with van der Waals surface area (Å²) in [7, 11) is 1.57. The Morgan fingerprint density at radius 2 is 2.06 bits per heavy atom. The number of unbranched alkanes of at least 4 members (excludes halogenated alkanes) is 2. The molecule has 0 radical (unpaired) electrons. The van der Waals surface area contributed by atoms with Crippen LogP contribution in [-0.2, 0) is 4.84 Å². The molecular weight excluding hydrogens is 230 g/mol. The van der Waals surface area contributed by atoms with Gasteiger partial charge in [-0.25, -0.2) is 5.06 Å². The molecule has 0 saturated heterocycles. The van der Waals surface area contributed by atoms with E-state index in [1.54, 1.807) is 31.3 Å². The maximum atomic E-state index is 12.0. The molecule has 4 heteroatoms. The normalized spacial score (nSPS) is 10.1. The summed E-state index contributed by atoms with van der Waals surface area (Å²) in [6.45, 7) is 2.62. The van der Waals surface area contributed by atoms with E-state index < -0.39 is 0 Å². The molecule has 1 amide bonds. The van der Waals surface area contributed by atoms with Gasteiger partial charge in [-0.1, -0.05) is 38.0 Å². The number of aldehydes is 1. The van der Waals surface area contributed by atoms with Crippen molar-refractivity contribution in [1.82, 2.24) is 5.06 Å². The molecule has 1 rings (SSSR count). The molecule has 0 aliphatic carbocycles. The highest BCUT2D eigenvalue weighted by atomic mass is 16.7. The van der Waals surface area contributed by atoms with Crippen molar-refractivity contribution in [3.8, 4) is 0 Å². The highest BCUT2D eigenvalue weighted by molar-refractivity contribution is 6.00. The summed E-state index contributed by atoms with van der Waals surface area (Å²) < 4.78 is 0. The van der Waals surface area contributed by atoms with E-state index in [0.717, 1.165) is 19.3 Å². The van der Waals surface area contributed by atoms with Crippen molar-refractivity contribution in [2.45, 2.75) is 26.2 Å². The van der Waals surface area contributed by atoms with Crippen LogP contribution in [0.2, 0.25) is 0 Å². The number of nitrogens with zero attached hydrogens (tertiary/aromatic N) is 1. The molecule has 0 bridgehead atoms. The predicted molar refractivity (Wildman–Crippen MR) is 69.4 cm³/mol. The topological polar surface area (TPSA) is 46.6 Å². The molecule has 1 aromatic carbocycles. The molecule has 0 spiro atoms. The molecule has 0 heterocycles. The van der Waals surface area contributed by atoms with Crippen molar-refractivity contribution in [2.24, 2.45) is 0 Å². The van der Waals surface area contributed by atoms with Crippen LogP contribution in [0.5, 0.6) is 0 Å². The van der Waals surface area contributed by atoms with Gasteiger partial charge in [0.1, 0.15) is 0 Å². The quantitative estimate of drug-likeness (QED) is 0.424. The summed E-state index contributed by atoms with van der Waals surface area (Å²) in [5, 5.41) is 1.19. The van der Waals surface area contributed by atoms with Crippen LogP contribution >= 0.6 is 0 Å². The lowest BCUT2D eigenvalue weighted by molar-refractivity contribution is -0.106. The first kappa shape index (κ1) is 14.4. The zero-order valence-corrected chi connectivity index (χ0v) is 10.9. The Morgan fingerprint density at radius 1 is 1.33 bits per heavy atom. The number of benzene rings is 1. The Bertz CT molecular complexity index is 404. The molecule has 0 saturated carbocycles. The fourth-order valence-electron chi connectivity index (χ4n) is 1.58. The molecule has 18 heavy (non-hydrogen) atoms. The lowest BCUT2D eigenvalue weighted by atomic mass is 10.1. The van der Waals surface area contributed by atoms with E-state index in [9.17, 15) is 9.59 Å². The van der Waals surface area contributed by atoms with Gasteiger partial charge in [-0.15, -0.1) is 0 Å². The molecule has 1 aromatic rings. The van der Waals surface area contributed by atoms with E-state index in [1.165, 1.54) is 5.06 Å². The summed E-state index contributed by atoms with van der Waals surface area (Å²) in [4.78, 5) is 28.2. The van der Waals surface area contributed by atoms with Crippen LogP contribution in [0, 0.1) is 0 Å². The average molecular weight is 249 g/mol. The zero-order chi connectivity index (χ0) is 13.4. The lowest BCUT2D eigenvalue weighted by Crippen LogP contribution is -2.28. The molecule has 0 aliphatic rings. The van der Waals surface area contributed by atoms with Crippen molar-refractivity contribution in [3.63, 3.8) is 0 Å². The minimum Gasteiger partial charge on any atom is -0.298 e. The van der Waals surface area contributed by atoms with Gasteiger partial charge in [-0.05, 0) is 12.5 Å². The molecule has 0 aromatic heterocycles. The molecule has 0 N–H and O–H groups in total. The van der Waals surface area contributed by atoms with Gasteiger partial charge in [-0.2, -0.15) is 0 Å². The van der Waals surface area contributed by atoms with E-state index in [-0.39, 0.29) is 5.91 Å². The first-order valence-electron chi connectivity index (χ1n) is 6.16. The van der Waals surface area contributed by atoms with Crippen LogP contribution in [-0.4, -0.2) is 30.9 Å². The third-order valence-electron chi connectivity index (χ3n) is 2.64. The van der Waals surface area contributed by atoms with E-state index in [1.807, 2.05) is 0 Å². The van der Waals surface area contributed by atoms with Crippen molar-refractivity contribution in [3.05, 3.63) is 35.4 Å². The maximum Gasteiger partial charge on any atom is 0.277 e. The lowest BCUT2D eigenvalue weighted by Gasteiger charge is -2.17. The van der Waals surface area contributed by atoms with Gasteiger partial charge in [0.05, 0.1) is 12.2 Å². The second-order valence-corrected chi connectivity index (χ2v) is 4.05. The van der Waals surface area contributed by atoms with Crippen molar-refractivity contribution >= 4 is 12.2 Å². The largest absolute Gasteiger partial charge is 0.298 e.